The largest absolute Gasteiger partial charge is 1.00 e. The van der Waals surface area contributed by atoms with Gasteiger partial charge in [-0.1, -0.05) is 83.3 Å². The first-order chi connectivity index (χ1) is 12.6. The maximum absolute atomic E-state index is 10.4. The molecule has 0 heterocycles. The van der Waals surface area contributed by atoms with Gasteiger partial charge in [-0.15, -0.1) is 0 Å². The molecule has 0 unspecified atom stereocenters. The monoisotopic (exact) mass is 411 g/mol. The van der Waals surface area contributed by atoms with Crippen LogP contribution in [-0.4, -0.2) is 31.8 Å². The van der Waals surface area contributed by atoms with Crippen molar-refractivity contribution >= 4 is 10.1 Å². The molecule has 0 saturated carbocycles. The summed E-state index contributed by atoms with van der Waals surface area (Å²) in [5.74, 6) is -0.306. The van der Waals surface area contributed by atoms with Crippen LogP contribution in [0.25, 0.3) is 0 Å². The van der Waals surface area contributed by atoms with Gasteiger partial charge in [0.25, 0.3) is 0 Å². The molecule has 0 aliphatic rings. The van der Waals surface area contributed by atoms with Crippen LogP contribution >= 0.6 is 0 Å². The summed E-state index contributed by atoms with van der Waals surface area (Å²) in [6.07, 6.45) is 24.2. The molecule has 0 fully saturated rings. The second-order valence-corrected chi connectivity index (χ2v) is 8.83. The Balaban J connectivity index is 0. The standard InChI is InChI=1S/C21H43NO3S.Na/c1-2-3-4-5-6-7-8-9-10-11-12-13-14-15-16-17-18-19-22-20-21-26(23,24)25;/h10-11,22H,2-9,12-21H2,1H3,(H,23,24,25);/q;+1/p-1/b11-10-;. The third-order valence-corrected chi connectivity index (χ3v) is 5.35. The summed E-state index contributed by atoms with van der Waals surface area (Å²) in [4.78, 5) is 0. The van der Waals surface area contributed by atoms with Crippen LogP contribution in [-0.2, 0) is 10.1 Å². The van der Waals surface area contributed by atoms with E-state index in [1.165, 1.54) is 89.9 Å². The molecule has 0 rings (SSSR count). The average Bonchev–Trinajstić information content (AvgIpc) is 2.59. The zero-order chi connectivity index (χ0) is 19.3. The van der Waals surface area contributed by atoms with Crippen molar-refractivity contribution in [2.45, 2.75) is 103 Å². The van der Waals surface area contributed by atoms with E-state index in [2.05, 4.69) is 24.4 Å². The molecular weight excluding hydrogens is 369 g/mol. The molecule has 0 radical (unpaired) electrons. The van der Waals surface area contributed by atoms with Gasteiger partial charge in [0.05, 0.1) is 15.9 Å². The van der Waals surface area contributed by atoms with Gasteiger partial charge in [0.15, 0.2) is 0 Å². The van der Waals surface area contributed by atoms with Crippen LogP contribution in [0.2, 0.25) is 0 Å². The van der Waals surface area contributed by atoms with Crippen LogP contribution < -0.4 is 34.9 Å². The van der Waals surface area contributed by atoms with Crippen molar-refractivity contribution in [3.8, 4) is 0 Å². The molecule has 0 bridgehead atoms. The number of rotatable bonds is 20. The number of hydrogen-bond donors (Lipinski definition) is 1. The molecule has 1 N–H and O–H groups in total. The molecule has 0 amide bonds. The van der Waals surface area contributed by atoms with Gasteiger partial charge in [0, 0.05) is 6.54 Å². The first-order valence-electron chi connectivity index (χ1n) is 10.9. The second-order valence-electron chi connectivity index (χ2n) is 7.30. The molecule has 0 saturated heterocycles. The Morgan fingerprint density at radius 1 is 0.704 bits per heavy atom. The molecule has 4 nitrogen and oxygen atoms in total. The number of unbranched alkanes of at least 4 members (excludes halogenated alkanes) is 13. The van der Waals surface area contributed by atoms with Gasteiger partial charge >= 0.3 is 29.6 Å². The molecule has 0 aliphatic heterocycles. The van der Waals surface area contributed by atoms with Crippen molar-refractivity contribution in [2.75, 3.05) is 18.8 Å². The smallest absolute Gasteiger partial charge is 0.748 e. The van der Waals surface area contributed by atoms with Crippen LogP contribution in [0.5, 0.6) is 0 Å². The van der Waals surface area contributed by atoms with E-state index in [1.807, 2.05) is 0 Å². The van der Waals surface area contributed by atoms with Crippen molar-refractivity contribution in [2.24, 2.45) is 0 Å². The molecular formula is C21H42NNaO3S. The molecule has 0 spiro atoms. The summed E-state index contributed by atoms with van der Waals surface area (Å²) in [7, 11) is -4.07. The minimum atomic E-state index is -4.07. The Kier molecular flexibility index (Phi) is 25.3. The van der Waals surface area contributed by atoms with Crippen LogP contribution in [0.15, 0.2) is 12.2 Å². The third kappa shape index (κ3) is 28.9. The van der Waals surface area contributed by atoms with Crippen molar-refractivity contribution in [1.29, 1.82) is 0 Å². The van der Waals surface area contributed by atoms with E-state index in [4.69, 9.17) is 0 Å². The molecule has 6 heteroatoms. The van der Waals surface area contributed by atoms with Gasteiger partial charge < -0.3 is 9.87 Å². The minimum absolute atomic E-state index is 0. The SMILES string of the molecule is CCCCCCCCC/C=C\CCCCCCCCNCCS(=O)(=O)[O-].[Na+]. The van der Waals surface area contributed by atoms with Gasteiger partial charge in [-0.3, -0.25) is 0 Å². The van der Waals surface area contributed by atoms with Crippen molar-refractivity contribution < 1.29 is 42.5 Å². The third-order valence-electron chi connectivity index (χ3n) is 4.64. The molecule has 0 aliphatic carbocycles. The molecule has 0 aromatic heterocycles. The number of hydrogen-bond acceptors (Lipinski definition) is 4. The van der Waals surface area contributed by atoms with E-state index < -0.39 is 10.1 Å². The number of allylic oxidation sites excluding steroid dienone is 2. The van der Waals surface area contributed by atoms with Gasteiger partial charge in [-0.2, -0.15) is 0 Å². The quantitative estimate of drug-likeness (QED) is 0.145. The topological polar surface area (TPSA) is 69.2 Å². The predicted molar refractivity (Wildman–Crippen MR) is 112 cm³/mol. The zero-order valence-electron chi connectivity index (χ0n) is 18.0. The first kappa shape index (κ1) is 29.8. The van der Waals surface area contributed by atoms with Crippen molar-refractivity contribution in [1.82, 2.24) is 5.32 Å². The summed E-state index contributed by atoms with van der Waals surface area (Å²) >= 11 is 0. The maximum Gasteiger partial charge on any atom is 1.00 e. The fourth-order valence-electron chi connectivity index (χ4n) is 3.00. The van der Waals surface area contributed by atoms with Crippen LogP contribution in [0.1, 0.15) is 103 Å². The van der Waals surface area contributed by atoms with Gasteiger partial charge in [0.1, 0.15) is 0 Å². The Labute approximate surface area is 191 Å². The minimum Gasteiger partial charge on any atom is -0.748 e. The van der Waals surface area contributed by atoms with Gasteiger partial charge in [0.2, 0.25) is 0 Å². The van der Waals surface area contributed by atoms with Gasteiger partial charge in [-0.25, -0.2) is 8.42 Å². The van der Waals surface area contributed by atoms with E-state index in [0.29, 0.717) is 0 Å². The van der Waals surface area contributed by atoms with E-state index in [0.717, 1.165) is 13.0 Å². The Bertz CT molecular complexity index is 414. The Morgan fingerprint density at radius 3 is 1.63 bits per heavy atom. The molecule has 27 heavy (non-hydrogen) atoms. The maximum atomic E-state index is 10.4. The molecule has 0 aromatic rings. The fourth-order valence-corrected chi connectivity index (χ4v) is 3.39. The summed E-state index contributed by atoms with van der Waals surface area (Å²) < 4.78 is 31.3. The van der Waals surface area contributed by atoms with Crippen LogP contribution in [0, 0.1) is 0 Å². The normalized spacial score (nSPS) is 11.8. The number of nitrogens with one attached hydrogen (secondary N) is 1. The summed E-state index contributed by atoms with van der Waals surface area (Å²) in [6, 6.07) is 0. The van der Waals surface area contributed by atoms with E-state index in [-0.39, 0.29) is 41.9 Å². The second kappa shape index (κ2) is 22.9. The fraction of sp³-hybridized carbons (Fsp3) is 0.905. The molecule has 0 atom stereocenters. The predicted octanol–water partition coefficient (Wildman–Crippen LogP) is 2.55. The molecule has 0 aromatic carbocycles. The zero-order valence-corrected chi connectivity index (χ0v) is 20.8. The summed E-state index contributed by atoms with van der Waals surface area (Å²) in [5, 5.41) is 3.01. The molecule has 156 valence electrons. The van der Waals surface area contributed by atoms with Crippen LogP contribution in [0.4, 0.5) is 0 Å². The van der Waals surface area contributed by atoms with Crippen LogP contribution in [0.3, 0.4) is 0 Å². The summed E-state index contributed by atoms with van der Waals surface area (Å²) in [6.45, 7) is 3.34. The summed E-state index contributed by atoms with van der Waals surface area (Å²) in [5.41, 5.74) is 0. The van der Waals surface area contributed by atoms with Gasteiger partial charge in [-0.05, 0) is 38.6 Å². The van der Waals surface area contributed by atoms with Crippen molar-refractivity contribution in [3.05, 3.63) is 12.2 Å². The Morgan fingerprint density at radius 2 is 1.15 bits per heavy atom. The average molecular weight is 412 g/mol. The Hall–Kier alpha value is 0.610. The first-order valence-corrected chi connectivity index (χ1v) is 12.4. The van der Waals surface area contributed by atoms with E-state index in [1.54, 1.807) is 0 Å². The van der Waals surface area contributed by atoms with E-state index >= 15 is 0 Å². The van der Waals surface area contributed by atoms with Crippen molar-refractivity contribution in [3.63, 3.8) is 0 Å². The van der Waals surface area contributed by atoms with E-state index in [9.17, 15) is 13.0 Å².